The average Bonchev–Trinajstić information content (AvgIpc) is 3.21. The molecular formula is C20H20F3N5O2S. The molecule has 11 heteroatoms. The minimum Gasteiger partial charge on any atom is -0.406 e. The van der Waals surface area contributed by atoms with Gasteiger partial charge in [0.05, 0.1) is 11.4 Å². The fourth-order valence-electron chi connectivity index (χ4n) is 2.86. The van der Waals surface area contributed by atoms with Crippen molar-refractivity contribution in [3.8, 4) is 11.4 Å². The summed E-state index contributed by atoms with van der Waals surface area (Å²) >= 11 is 1.13. The van der Waals surface area contributed by atoms with Crippen LogP contribution in [0.1, 0.15) is 24.8 Å². The maximum absolute atomic E-state index is 12.3. The number of carbonyl (C=O) groups is 1. The van der Waals surface area contributed by atoms with Gasteiger partial charge in [-0.05, 0) is 46.7 Å². The summed E-state index contributed by atoms with van der Waals surface area (Å²) in [7, 11) is 0. The van der Waals surface area contributed by atoms with E-state index in [9.17, 15) is 18.0 Å². The van der Waals surface area contributed by atoms with Crippen molar-refractivity contribution >= 4 is 17.7 Å². The third-order valence-electron chi connectivity index (χ3n) is 4.40. The standard InChI is InChI=1S/C20H20F3N5O2S/c1-2-14(15-6-4-3-5-7-15)12-24-18(29)13-31-19-25-26-27-28(19)16-8-10-17(11-9-16)30-20(21,22)23/h3-11,14H,2,12-13H2,1H3,(H,24,29). The molecule has 0 spiro atoms. The molecule has 0 fully saturated rings. The van der Waals surface area contributed by atoms with E-state index in [4.69, 9.17) is 0 Å². The fraction of sp³-hybridized carbons (Fsp3) is 0.300. The Morgan fingerprint density at radius 1 is 1.16 bits per heavy atom. The highest BCUT2D eigenvalue weighted by Crippen LogP contribution is 2.25. The molecule has 0 bridgehead atoms. The molecule has 3 rings (SSSR count). The van der Waals surface area contributed by atoms with E-state index >= 15 is 0 Å². The monoisotopic (exact) mass is 451 g/mol. The van der Waals surface area contributed by atoms with Crippen LogP contribution in [-0.4, -0.2) is 44.8 Å². The van der Waals surface area contributed by atoms with Gasteiger partial charge in [-0.1, -0.05) is 49.0 Å². The SMILES string of the molecule is CCC(CNC(=O)CSc1nnnn1-c1ccc(OC(F)(F)F)cc1)c1ccccc1. The van der Waals surface area contributed by atoms with Crippen LogP contribution in [0.25, 0.3) is 5.69 Å². The molecule has 7 nitrogen and oxygen atoms in total. The molecule has 0 aliphatic rings. The molecule has 1 unspecified atom stereocenters. The van der Waals surface area contributed by atoms with Crippen molar-refractivity contribution in [2.24, 2.45) is 0 Å². The summed E-state index contributed by atoms with van der Waals surface area (Å²) in [5.41, 5.74) is 1.61. The number of carbonyl (C=O) groups excluding carboxylic acids is 1. The average molecular weight is 451 g/mol. The van der Waals surface area contributed by atoms with Gasteiger partial charge in [-0.3, -0.25) is 4.79 Å². The quantitative estimate of drug-likeness (QED) is 0.496. The molecule has 1 aromatic heterocycles. The Bertz CT molecular complexity index is 980. The molecule has 164 valence electrons. The van der Waals surface area contributed by atoms with E-state index in [1.165, 1.54) is 34.5 Å². The number of nitrogens with zero attached hydrogens (tertiary/aromatic N) is 4. The predicted octanol–water partition coefficient (Wildman–Crippen LogP) is 3.96. The van der Waals surface area contributed by atoms with E-state index in [2.05, 4.69) is 32.5 Å². The van der Waals surface area contributed by atoms with E-state index in [0.29, 0.717) is 17.4 Å². The molecule has 0 saturated carbocycles. The predicted molar refractivity (Wildman–Crippen MR) is 109 cm³/mol. The van der Waals surface area contributed by atoms with Gasteiger partial charge in [0.2, 0.25) is 11.1 Å². The Balaban J connectivity index is 1.55. The Hall–Kier alpha value is -3.08. The first-order valence-electron chi connectivity index (χ1n) is 9.44. The van der Waals surface area contributed by atoms with Crippen LogP contribution in [0, 0.1) is 0 Å². The smallest absolute Gasteiger partial charge is 0.406 e. The summed E-state index contributed by atoms with van der Waals surface area (Å²) in [6.07, 6.45) is -3.87. The van der Waals surface area contributed by atoms with E-state index in [1.54, 1.807) is 0 Å². The minimum absolute atomic E-state index is 0.0981. The molecule has 0 saturated heterocycles. The van der Waals surface area contributed by atoms with E-state index in [0.717, 1.165) is 18.2 Å². The van der Waals surface area contributed by atoms with Crippen LogP contribution >= 0.6 is 11.8 Å². The molecule has 31 heavy (non-hydrogen) atoms. The molecule has 1 atom stereocenters. The summed E-state index contributed by atoms with van der Waals surface area (Å²) in [6, 6.07) is 15.1. The van der Waals surface area contributed by atoms with Gasteiger partial charge in [0, 0.05) is 12.5 Å². The van der Waals surface area contributed by atoms with Gasteiger partial charge in [-0.2, -0.15) is 4.68 Å². The second-order valence-corrected chi connectivity index (χ2v) is 7.47. The number of hydrogen-bond acceptors (Lipinski definition) is 6. The lowest BCUT2D eigenvalue weighted by molar-refractivity contribution is -0.274. The molecule has 0 aliphatic heterocycles. The van der Waals surface area contributed by atoms with Gasteiger partial charge in [0.1, 0.15) is 5.75 Å². The first-order valence-corrected chi connectivity index (χ1v) is 10.4. The Kier molecular flexibility index (Phi) is 7.50. The van der Waals surface area contributed by atoms with Gasteiger partial charge < -0.3 is 10.1 Å². The van der Waals surface area contributed by atoms with Crippen molar-refractivity contribution < 1.29 is 22.7 Å². The number of thioether (sulfide) groups is 1. The number of nitrogens with one attached hydrogen (secondary N) is 1. The van der Waals surface area contributed by atoms with Crippen molar-refractivity contribution in [1.82, 2.24) is 25.5 Å². The summed E-state index contributed by atoms with van der Waals surface area (Å²) in [5.74, 6) is -0.191. The second kappa shape index (κ2) is 10.3. The molecule has 3 aromatic rings. The first-order chi connectivity index (χ1) is 14.9. The van der Waals surface area contributed by atoms with E-state index in [-0.39, 0.29) is 23.3 Å². The number of alkyl halides is 3. The Labute approximate surface area is 181 Å². The third-order valence-corrected chi connectivity index (χ3v) is 5.32. The largest absolute Gasteiger partial charge is 0.573 e. The second-order valence-electron chi connectivity index (χ2n) is 6.52. The number of benzene rings is 2. The molecule has 0 aliphatic carbocycles. The molecular weight excluding hydrogens is 431 g/mol. The topological polar surface area (TPSA) is 81.9 Å². The van der Waals surface area contributed by atoms with Crippen molar-refractivity contribution in [3.05, 3.63) is 60.2 Å². The van der Waals surface area contributed by atoms with Crippen LogP contribution in [0.3, 0.4) is 0 Å². The molecule has 1 amide bonds. The summed E-state index contributed by atoms with van der Waals surface area (Å²) in [6.45, 7) is 2.59. The van der Waals surface area contributed by atoms with Crippen LogP contribution in [-0.2, 0) is 4.79 Å². The van der Waals surface area contributed by atoms with Gasteiger partial charge in [-0.25, -0.2) is 0 Å². The van der Waals surface area contributed by atoms with Gasteiger partial charge >= 0.3 is 6.36 Å². The summed E-state index contributed by atoms with van der Waals surface area (Å²) in [4.78, 5) is 12.3. The normalized spacial score (nSPS) is 12.4. The minimum atomic E-state index is -4.76. The van der Waals surface area contributed by atoms with Crippen LogP contribution in [0.15, 0.2) is 59.8 Å². The number of halogens is 3. The maximum atomic E-state index is 12.3. The highest BCUT2D eigenvalue weighted by Gasteiger charge is 2.31. The summed E-state index contributed by atoms with van der Waals surface area (Å²) in [5, 5.41) is 14.6. The number of amides is 1. The van der Waals surface area contributed by atoms with Crippen LogP contribution in [0.4, 0.5) is 13.2 Å². The van der Waals surface area contributed by atoms with Gasteiger partial charge in [0.15, 0.2) is 0 Å². The lowest BCUT2D eigenvalue weighted by atomic mass is 9.96. The zero-order chi connectivity index (χ0) is 22.3. The number of ether oxygens (including phenoxy) is 1. The zero-order valence-corrected chi connectivity index (χ0v) is 17.4. The lowest BCUT2D eigenvalue weighted by Gasteiger charge is -2.16. The summed E-state index contributed by atoms with van der Waals surface area (Å²) < 4.78 is 42.1. The Morgan fingerprint density at radius 3 is 2.52 bits per heavy atom. The first kappa shape index (κ1) is 22.6. The van der Waals surface area contributed by atoms with Crippen LogP contribution in [0.2, 0.25) is 0 Å². The number of tetrazole rings is 1. The van der Waals surface area contributed by atoms with Crippen LogP contribution in [0.5, 0.6) is 5.75 Å². The molecule has 0 radical (unpaired) electrons. The van der Waals surface area contributed by atoms with Gasteiger partial charge in [0.25, 0.3) is 0 Å². The van der Waals surface area contributed by atoms with Crippen molar-refractivity contribution in [1.29, 1.82) is 0 Å². The molecule has 2 aromatic carbocycles. The highest BCUT2D eigenvalue weighted by atomic mass is 32.2. The van der Waals surface area contributed by atoms with Crippen molar-refractivity contribution in [3.63, 3.8) is 0 Å². The number of hydrogen-bond donors (Lipinski definition) is 1. The fourth-order valence-corrected chi connectivity index (χ4v) is 3.58. The van der Waals surface area contributed by atoms with E-state index in [1.807, 2.05) is 30.3 Å². The molecule has 1 N–H and O–H groups in total. The lowest BCUT2D eigenvalue weighted by Crippen LogP contribution is -2.29. The number of rotatable bonds is 9. The Morgan fingerprint density at radius 2 is 1.87 bits per heavy atom. The van der Waals surface area contributed by atoms with E-state index < -0.39 is 6.36 Å². The van der Waals surface area contributed by atoms with Crippen molar-refractivity contribution in [2.75, 3.05) is 12.3 Å². The van der Waals surface area contributed by atoms with Gasteiger partial charge in [-0.15, -0.1) is 18.3 Å². The maximum Gasteiger partial charge on any atom is 0.573 e. The zero-order valence-electron chi connectivity index (χ0n) is 16.5. The number of aromatic nitrogens is 4. The highest BCUT2D eigenvalue weighted by molar-refractivity contribution is 7.99. The van der Waals surface area contributed by atoms with Crippen LogP contribution < -0.4 is 10.1 Å². The van der Waals surface area contributed by atoms with Crippen molar-refractivity contribution in [2.45, 2.75) is 30.8 Å². The molecule has 1 heterocycles. The third kappa shape index (κ3) is 6.71.